The molecule has 0 unspecified atom stereocenters. The number of nitrogens with zero attached hydrogens (tertiary/aromatic N) is 1. The maximum Gasteiger partial charge on any atom is 0.242 e. The van der Waals surface area contributed by atoms with Gasteiger partial charge >= 0.3 is 0 Å². The molecule has 0 aliphatic carbocycles. The Hall–Kier alpha value is -2.69. The Balaban J connectivity index is 2.18. The predicted octanol–water partition coefficient (Wildman–Crippen LogP) is 3.87. The van der Waals surface area contributed by atoms with E-state index >= 15 is 0 Å². The van der Waals surface area contributed by atoms with Crippen molar-refractivity contribution in [2.75, 3.05) is 6.54 Å². The monoisotopic (exact) mass is 384 g/mol. The van der Waals surface area contributed by atoms with E-state index in [9.17, 15) is 14.0 Å². The molecule has 0 saturated carbocycles. The fourth-order valence-corrected chi connectivity index (χ4v) is 2.80. The van der Waals surface area contributed by atoms with Gasteiger partial charge in [-0.15, -0.1) is 0 Å². The first-order valence-electron chi connectivity index (χ1n) is 9.63. The second kappa shape index (κ2) is 10.0. The summed E-state index contributed by atoms with van der Waals surface area (Å²) in [6, 6.07) is 13.2. The highest BCUT2D eigenvalue weighted by Gasteiger charge is 2.26. The zero-order valence-corrected chi connectivity index (χ0v) is 17.0. The van der Waals surface area contributed by atoms with Gasteiger partial charge in [0.15, 0.2) is 0 Å². The second-order valence-electron chi connectivity index (χ2n) is 7.63. The SMILES string of the molecule is Cc1ccc(CC(=O)N(Cc2ccc(F)cc2)[C@H](C)C(=O)NCC(C)C)cc1. The average molecular weight is 384 g/mol. The van der Waals surface area contributed by atoms with Crippen LogP contribution in [0.25, 0.3) is 0 Å². The van der Waals surface area contributed by atoms with Crippen molar-refractivity contribution >= 4 is 11.8 Å². The van der Waals surface area contributed by atoms with Gasteiger partial charge in [0.05, 0.1) is 6.42 Å². The van der Waals surface area contributed by atoms with Crippen molar-refractivity contribution < 1.29 is 14.0 Å². The predicted molar refractivity (Wildman–Crippen MR) is 109 cm³/mol. The Morgan fingerprint density at radius 1 is 0.964 bits per heavy atom. The molecule has 0 heterocycles. The van der Waals surface area contributed by atoms with Crippen molar-refractivity contribution in [3.8, 4) is 0 Å². The van der Waals surface area contributed by atoms with E-state index in [1.807, 2.05) is 45.0 Å². The van der Waals surface area contributed by atoms with Crippen LogP contribution in [0.1, 0.15) is 37.5 Å². The maximum absolute atomic E-state index is 13.2. The smallest absolute Gasteiger partial charge is 0.242 e. The summed E-state index contributed by atoms with van der Waals surface area (Å²) in [4.78, 5) is 27.2. The molecule has 0 aromatic heterocycles. The van der Waals surface area contributed by atoms with Crippen molar-refractivity contribution in [1.82, 2.24) is 10.2 Å². The molecule has 2 amide bonds. The minimum atomic E-state index is -0.623. The van der Waals surface area contributed by atoms with E-state index in [-0.39, 0.29) is 30.6 Å². The molecule has 2 rings (SSSR count). The van der Waals surface area contributed by atoms with E-state index in [1.165, 1.54) is 12.1 Å². The van der Waals surface area contributed by atoms with Crippen LogP contribution in [-0.4, -0.2) is 29.3 Å². The molecule has 0 aliphatic rings. The molecule has 0 fully saturated rings. The van der Waals surface area contributed by atoms with Crippen molar-refractivity contribution in [1.29, 1.82) is 0 Å². The third kappa shape index (κ3) is 6.48. The third-order valence-corrected chi connectivity index (χ3v) is 4.59. The molecule has 150 valence electrons. The number of carbonyl (C=O) groups excluding carboxylic acids is 2. The minimum absolute atomic E-state index is 0.139. The summed E-state index contributed by atoms with van der Waals surface area (Å²) in [5, 5.41) is 2.89. The molecule has 0 radical (unpaired) electrons. The van der Waals surface area contributed by atoms with Crippen molar-refractivity contribution in [2.45, 2.75) is 46.7 Å². The average Bonchev–Trinajstić information content (AvgIpc) is 2.66. The Labute approximate surface area is 166 Å². The van der Waals surface area contributed by atoms with Crippen LogP contribution in [0.5, 0.6) is 0 Å². The fourth-order valence-electron chi connectivity index (χ4n) is 2.80. The molecule has 28 heavy (non-hydrogen) atoms. The Morgan fingerprint density at radius 3 is 2.11 bits per heavy atom. The first-order valence-corrected chi connectivity index (χ1v) is 9.63. The quantitative estimate of drug-likeness (QED) is 0.751. The van der Waals surface area contributed by atoms with E-state index in [0.717, 1.165) is 16.7 Å². The summed E-state index contributed by atoms with van der Waals surface area (Å²) >= 11 is 0. The number of hydrogen-bond acceptors (Lipinski definition) is 2. The standard InChI is InChI=1S/C23H29FN2O2/c1-16(2)14-25-23(28)18(4)26(15-20-9-11-21(24)12-10-20)22(27)13-19-7-5-17(3)6-8-19/h5-12,16,18H,13-15H2,1-4H3,(H,25,28)/t18-/m1/s1. The first-order chi connectivity index (χ1) is 13.3. The van der Waals surface area contributed by atoms with Crippen LogP contribution in [0.3, 0.4) is 0 Å². The molecule has 0 spiro atoms. The van der Waals surface area contributed by atoms with Gasteiger partial charge in [-0.2, -0.15) is 0 Å². The summed E-state index contributed by atoms with van der Waals surface area (Å²) in [7, 11) is 0. The lowest BCUT2D eigenvalue weighted by molar-refractivity contribution is -0.140. The van der Waals surface area contributed by atoms with Gasteiger partial charge in [-0.25, -0.2) is 4.39 Å². The normalized spacial score (nSPS) is 11.9. The van der Waals surface area contributed by atoms with E-state index in [2.05, 4.69) is 5.32 Å². The number of carbonyl (C=O) groups is 2. The van der Waals surface area contributed by atoms with Gasteiger partial charge in [-0.1, -0.05) is 55.8 Å². The number of benzene rings is 2. The highest BCUT2D eigenvalue weighted by Crippen LogP contribution is 2.14. The largest absolute Gasteiger partial charge is 0.354 e. The number of nitrogens with one attached hydrogen (secondary N) is 1. The summed E-state index contributed by atoms with van der Waals surface area (Å²) in [6.45, 7) is 8.56. The number of aryl methyl sites for hydroxylation is 1. The van der Waals surface area contributed by atoms with Gasteiger partial charge in [-0.05, 0) is 43.0 Å². The first kappa shape index (κ1) is 21.6. The lowest BCUT2D eigenvalue weighted by atomic mass is 10.1. The van der Waals surface area contributed by atoms with E-state index < -0.39 is 6.04 Å². The Morgan fingerprint density at radius 2 is 1.54 bits per heavy atom. The molecule has 0 saturated heterocycles. The van der Waals surface area contributed by atoms with Crippen LogP contribution < -0.4 is 5.32 Å². The molecule has 0 aliphatic heterocycles. The topological polar surface area (TPSA) is 49.4 Å². The highest BCUT2D eigenvalue weighted by atomic mass is 19.1. The zero-order valence-electron chi connectivity index (χ0n) is 17.0. The molecule has 0 bridgehead atoms. The minimum Gasteiger partial charge on any atom is -0.354 e. The van der Waals surface area contributed by atoms with Crippen LogP contribution in [-0.2, 0) is 22.6 Å². The van der Waals surface area contributed by atoms with Gasteiger partial charge in [0.2, 0.25) is 11.8 Å². The number of rotatable bonds is 8. The van der Waals surface area contributed by atoms with Crippen molar-refractivity contribution in [3.05, 3.63) is 71.0 Å². The Bertz CT molecular complexity index is 785. The van der Waals surface area contributed by atoms with Crippen LogP contribution >= 0.6 is 0 Å². The van der Waals surface area contributed by atoms with Gasteiger partial charge in [0, 0.05) is 13.1 Å². The summed E-state index contributed by atoms with van der Waals surface area (Å²) < 4.78 is 13.2. The maximum atomic E-state index is 13.2. The lowest BCUT2D eigenvalue weighted by Gasteiger charge is -2.29. The van der Waals surface area contributed by atoms with E-state index in [4.69, 9.17) is 0 Å². The molecule has 1 atom stereocenters. The lowest BCUT2D eigenvalue weighted by Crippen LogP contribution is -2.48. The number of hydrogen-bond donors (Lipinski definition) is 1. The summed E-state index contributed by atoms with van der Waals surface area (Å²) in [5.74, 6) is -0.331. The highest BCUT2D eigenvalue weighted by molar-refractivity contribution is 5.88. The fraction of sp³-hybridized carbons (Fsp3) is 0.391. The van der Waals surface area contributed by atoms with Crippen LogP contribution in [0.4, 0.5) is 4.39 Å². The number of amides is 2. The van der Waals surface area contributed by atoms with Crippen molar-refractivity contribution in [3.63, 3.8) is 0 Å². The summed E-state index contributed by atoms with van der Waals surface area (Å²) in [5.41, 5.74) is 2.80. The zero-order chi connectivity index (χ0) is 20.7. The molecule has 4 nitrogen and oxygen atoms in total. The summed E-state index contributed by atoms with van der Waals surface area (Å²) in [6.07, 6.45) is 0.212. The molecule has 2 aromatic rings. The second-order valence-corrected chi connectivity index (χ2v) is 7.63. The van der Waals surface area contributed by atoms with Crippen LogP contribution in [0, 0.1) is 18.7 Å². The molecule has 2 aromatic carbocycles. The van der Waals surface area contributed by atoms with Gasteiger partial charge in [-0.3, -0.25) is 9.59 Å². The van der Waals surface area contributed by atoms with E-state index in [1.54, 1.807) is 24.0 Å². The van der Waals surface area contributed by atoms with Crippen molar-refractivity contribution in [2.24, 2.45) is 5.92 Å². The van der Waals surface area contributed by atoms with Gasteiger partial charge in [0.25, 0.3) is 0 Å². The Kier molecular flexibility index (Phi) is 7.73. The van der Waals surface area contributed by atoms with Gasteiger partial charge < -0.3 is 10.2 Å². The molecular weight excluding hydrogens is 355 g/mol. The van der Waals surface area contributed by atoms with Gasteiger partial charge in [0.1, 0.15) is 11.9 Å². The molecular formula is C23H29FN2O2. The molecule has 5 heteroatoms. The number of halogens is 1. The van der Waals surface area contributed by atoms with Crippen LogP contribution in [0.2, 0.25) is 0 Å². The van der Waals surface area contributed by atoms with Crippen LogP contribution in [0.15, 0.2) is 48.5 Å². The third-order valence-electron chi connectivity index (χ3n) is 4.59. The molecule has 1 N–H and O–H groups in total. The van der Waals surface area contributed by atoms with E-state index in [0.29, 0.717) is 12.5 Å².